The first-order valence-electron chi connectivity index (χ1n) is 8.56. The van der Waals surface area contributed by atoms with Crippen LogP contribution in [0.3, 0.4) is 0 Å². The molecule has 0 radical (unpaired) electrons. The zero-order valence-corrected chi connectivity index (χ0v) is 15.0. The molecule has 1 fully saturated rings. The van der Waals surface area contributed by atoms with Gasteiger partial charge in [0.2, 0.25) is 5.91 Å². The molecule has 0 spiro atoms. The minimum atomic E-state index is -0.941. The van der Waals surface area contributed by atoms with Gasteiger partial charge in [-0.15, -0.1) is 11.3 Å². The number of carbonyl (C=O) groups is 3. The van der Waals surface area contributed by atoms with Crippen molar-refractivity contribution in [2.75, 3.05) is 10.6 Å². The fraction of sp³-hybridized carbons (Fsp3) is 0.263. The van der Waals surface area contributed by atoms with E-state index in [1.54, 1.807) is 35.8 Å². The lowest BCUT2D eigenvalue weighted by Crippen LogP contribution is -2.36. The zero-order chi connectivity index (χ0) is 19.0. The third kappa shape index (κ3) is 3.35. The number of fused-ring (bicyclic) bond motifs is 2. The molecular formula is C19H17N3O4S. The molecule has 8 heteroatoms. The number of thiazole rings is 1. The topological polar surface area (TPSA) is 108 Å². The van der Waals surface area contributed by atoms with E-state index in [1.165, 1.54) is 11.3 Å². The van der Waals surface area contributed by atoms with E-state index in [0.29, 0.717) is 22.8 Å². The highest BCUT2D eigenvalue weighted by atomic mass is 32.1. The van der Waals surface area contributed by atoms with Crippen LogP contribution in [0.4, 0.5) is 10.8 Å². The third-order valence-corrected chi connectivity index (χ3v) is 5.78. The van der Waals surface area contributed by atoms with E-state index in [2.05, 4.69) is 15.6 Å². The highest BCUT2D eigenvalue weighted by Gasteiger charge is 2.51. The van der Waals surface area contributed by atoms with Crippen LogP contribution < -0.4 is 10.6 Å². The smallest absolute Gasteiger partial charge is 0.307 e. The lowest BCUT2D eigenvalue weighted by Gasteiger charge is -2.23. The number of nitrogens with zero attached hydrogens (tertiary/aromatic N) is 1. The minimum Gasteiger partial charge on any atom is -0.481 e. The van der Waals surface area contributed by atoms with Gasteiger partial charge >= 0.3 is 5.97 Å². The molecule has 2 amide bonds. The number of carboxylic acids is 1. The van der Waals surface area contributed by atoms with Crippen molar-refractivity contribution >= 4 is 39.9 Å². The molecule has 2 aliphatic carbocycles. The van der Waals surface area contributed by atoms with Crippen molar-refractivity contribution in [2.24, 2.45) is 23.7 Å². The van der Waals surface area contributed by atoms with Gasteiger partial charge in [-0.3, -0.25) is 19.7 Å². The van der Waals surface area contributed by atoms with Gasteiger partial charge in [0.15, 0.2) is 5.13 Å². The molecule has 4 atom stereocenters. The first kappa shape index (κ1) is 17.4. The maximum Gasteiger partial charge on any atom is 0.307 e. The van der Waals surface area contributed by atoms with Gasteiger partial charge < -0.3 is 10.4 Å². The highest BCUT2D eigenvalue weighted by Crippen LogP contribution is 2.48. The van der Waals surface area contributed by atoms with Gasteiger partial charge in [-0.1, -0.05) is 18.2 Å². The van der Waals surface area contributed by atoms with Gasteiger partial charge in [0, 0.05) is 22.8 Å². The average Bonchev–Trinajstić information content (AvgIpc) is 3.38. The van der Waals surface area contributed by atoms with Crippen LogP contribution in [0.5, 0.6) is 0 Å². The number of anilines is 2. The molecule has 3 N–H and O–H groups in total. The van der Waals surface area contributed by atoms with E-state index in [0.717, 1.165) is 0 Å². The molecule has 1 aromatic heterocycles. The van der Waals surface area contributed by atoms with Gasteiger partial charge in [-0.25, -0.2) is 4.98 Å². The molecule has 0 aliphatic heterocycles. The molecule has 2 bridgehead atoms. The fourth-order valence-electron chi connectivity index (χ4n) is 3.93. The standard InChI is InChI=1S/C19H17N3O4S/c23-16(22-19-20-6-7-27-19)12-2-1-3-13(9-12)21-17(24)14-10-4-5-11(8-10)15(14)18(25)26/h1-7,9-11,14-15H,8H2,(H,21,24)(H,25,26)(H,20,22,23)/t10-,11-,14-,15-/m0/s1. The van der Waals surface area contributed by atoms with Crippen LogP contribution in [0.2, 0.25) is 0 Å². The van der Waals surface area contributed by atoms with Crippen LogP contribution in [0.25, 0.3) is 0 Å². The number of benzene rings is 1. The first-order valence-corrected chi connectivity index (χ1v) is 9.44. The molecule has 0 unspecified atom stereocenters. The molecular weight excluding hydrogens is 366 g/mol. The Morgan fingerprint density at radius 2 is 1.89 bits per heavy atom. The van der Waals surface area contributed by atoms with Crippen molar-refractivity contribution in [2.45, 2.75) is 6.42 Å². The number of allylic oxidation sites excluding steroid dienone is 2. The minimum absolute atomic E-state index is 0.0486. The summed E-state index contributed by atoms with van der Waals surface area (Å²) in [5, 5.41) is 17.2. The summed E-state index contributed by atoms with van der Waals surface area (Å²) in [4.78, 5) is 40.6. The van der Waals surface area contributed by atoms with Gasteiger partial charge in [-0.05, 0) is 36.5 Å². The van der Waals surface area contributed by atoms with E-state index >= 15 is 0 Å². The molecule has 2 aliphatic rings. The van der Waals surface area contributed by atoms with Crippen molar-refractivity contribution in [3.63, 3.8) is 0 Å². The number of carboxylic acid groups (broad SMARTS) is 1. The Bertz CT molecular complexity index is 925. The number of aliphatic carboxylic acids is 1. The summed E-state index contributed by atoms with van der Waals surface area (Å²) < 4.78 is 0. The van der Waals surface area contributed by atoms with Crippen LogP contribution in [-0.4, -0.2) is 27.9 Å². The molecule has 4 rings (SSSR count). The predicted molar refractivity (Wildman–Crippen MR) is 100 cm³/mol. The first-order chi connectivity index (χ1) is 13.0. The molecule has 0 saturated heterocycles. The summed E-state index contributed by atoms with van der Waals surface area (Å²) in [7, 11) is 0. The monoisotopic (exact) mass is 383 g/mol. The Balaban J connectivity index is 1.48. The van der Waals surface area contributed by atoms with Crippen LogP contribution in [0, 0.1) is 23.7 Å². The molecule has 2 aromatic rings. The van der Waals surface area contributed by atoms with E-state index in [1.807, 2.05) is 12.2 Å². The molecule has 1 heterocycles. The number of rotatable bonds is 5. The Labute approximate surface area is 159 Å². The average molecular weight is 383 g/mol. The SMILES string of the molecule is O=C(Nc1nccs1)c1cccc(NC(=O)[C@@H]2[C@@H](C(=O)O)[C@H]3C=C[C@H]2C3)c1. The maximum absolute atomic E-state index is 12.7. The van der Waals surface area contributed by atoms with Gasteiger partial charge in [0.05, 0.1) is 11.8 Å². The number of nitrogens with one attached hydrogen (secondary N) is 2. The van der Waals surface area contributed by atoms with Gasteiger partial charge in [0.25, 0.3) is 5.91 Å². The van der Waals surface area contributed by atoms with E-state index in [4.69, 9.17) is 0 Å². The largest absolute Gasteiger partial charge is 0.481 e. The Morgan fingerprint density at radius 1 is 1.11 bits per heavy atom. The van der Waals surface area contributed by atoms with Crippen LogP contribution in [0.15, 0.2) is 48.0 Å². The summed E-state index contributed by atoms with van der Waals surface area (Å²) in [5.74, 6) is -3.01. The molecule has 7 nitrogen and oxygen atoms in total. The molecule has 1 saturated carbocycles. The van der Waals surface area contributed by atoms with E-state index in [-0.39, 0.29) is 23.7 Å². The molecule has 138 valence electrons. The van der Waals surface area contributed by atoms with Crippen molar-refractivity contribution in [3.05, 3.63) is 53.6 Å². The predicted octanol–water partition coefficient (Wildman–Crippen LogP) is 2.86. The van der Waals surface area contributed by atoms with Gasteiger partial charge in [0.1, 0.15) is 0 Å². The van der Waals surface area contributed by atoms with E-state index < -0.39 is 17.8 Å². The van der Waals surface area contributed by atoms with Crippen LogP contribution >= 0.6 is 11.3 Å². The lowest BCUT2D eigenvalue weighted by molar-refractivity contribution is -0.146. The summed E-state index contributed by atoms with van der Waals surface area (Å²) >= 11 is 1.31. The second-order valence-electron chi connectivity index (χ2n) is 6.70. The Hall–Kier alpha value is -3.00. The van der Waals surface area contributed by atoms with Crippen molar-refractivity contribution < 1.29 is 19.5 Å². The highest BCUT2D eigenvalue weighted by molar-refractivity contribution is 7.13. The number of hydrogen-bond acceptors (Lipinski definition) is 5. The van der Waals surface area contributed by atoms with E-state index in [9.17, 15) is 19.5 Å². The van der Waals surface area contributed by atoms with Crippen molar-refractivity contribution in [3.8, 4) is 0 Å². The zero-order valence-electron chi connectivity index (χ0n) is 14.2. The Kier molecular flexibility index (Phi) is 4.49. The number of carbonyl (C=O) groups excluding carboxylic acids is 2. The van der Waals surface area contributed by atoms with Crippen LogP contribution in [0.1, 0.15) is 16.8 Å². The Morgan fingerprint density at radius 3 is 2.59 bits per heavy atom. The molecule has 27 heavy (non-hydrogen) atoms. The van der Waals surface area contributed by atoms with Crippen LogP contribution in [-0.2, 0) is 9.59 Å². The quantitative estimate of drug-likeness (QED) is 0.688. The van der Waals surface area contributed by atoms with Crippen molar-refractivity contribution in [1.82, 2.24) is 4.98 Å². The third-order valence-electron chi connectivity index (χ3n) is 5.09. The molecule has 1 aromatic carbocycles. The summed E-state index contributed by atoms with van der Waals surface area (Å²) in [6.45, 7) is 0. The lowest BCUT2D eigenvalue weighted by atomic mass is 9.82. The second-order valence-corrected chi connectivity index (χ2v) is 7.59. The van der Waals surface area contributed by atoms with Crippen molar-refractivity contribution in [1.29, 1.82) is 0 Å². The van der Waals surface area contributed by atoms with Gasteiger partial charge in [-0.2, -0.15) is 0 Å². The second kappa shape index (κ2) is 6.96. The summed E-state index contributed by atoms with van der Waals surface area (Å²) in [6, 6.07) is 6.55. The summed E-state index contributed by atoms with van der Waals surface area (Å²) in [5.41, 5.74) is 0.841. The fourth-order valence-corrected chi connectivity index (χ4v) is 4.46. The number of aromatic nitrogens is 1. The number of hydrogen-bond donors (Lipinski definition) is 3. The maximum atomic E-state index is 12.7. The summed E-state index contributed by atoms with van der Waals surface area (Å²) in [6.07, 6.45) is 6.13. The normalized spacial score (nSPS) is 25.3. The number of amides is 2.